The van der Waals surface area contributed by atoms with E-state index < -0.39 is 21.5 Å². The molecular weight excluding hydrogens is 402 g/mol. The highest BCUT2D eigenvalue weighted by atomic mass is 32.2. The number of aromatic nitrogens is 2. The standard InChI is InChI=1S/C22H29N3O4S/c1-21(2)16-8-9-22(21,18(26)13-16)14-30(27,28)24-19(20-23-10-11-25(20)3)15-6-5-7-17(12-15)29-4/h5-7,10-12,16,19,24H,8-9,13-14H2,1-4H3. The van der Waals surface area contributed by atoms with Crippen molar-refractivity contribution in [1.82, 2.24) is 14.3 Å². The van der Waals surface area contributed by atoms with E-state index in [0.29, 0.717) is 24.4 Å². The van der Waals surface area contributed by atoms with E-state index in [0.717, 1.165) is 12.0 Å². The third-order valence-corrected chi connectivity index (χ3v) is 8.88. The van der Waals surface area contributed by atoms with Crippen LogP contribution in [-0.4, -0.2) is 36.6 Å². The number of sulfonamides is 1. The quantitative estimate of drug-likeness (QED) is 0.728. The molecule has 1 heterocycles. The van der Waals surface area contributed by atoms with Gasteiger partial charge in [0.2, 0.25) is 10.0 Å². The number of carbonyl (C=O) groups is 1. The van der Waals surface area contributed by atoms with Crippen LogP contribution in [0.3, 0.4) is 0 Å². The number of Topliss-reactive ketones (excluding diaryl/α,β-unsaturated/α-hetero) is 1. The van der Waals surface area contributed by atoms with Crippen LogP contribution < -0.4 is 9.46 Å². The maximum Gasteiger partial charge on any atom is 0.213 e. The summed E-state index contributed by atoms with van der Waals surface area (Å²) in [7, 11) is -0.389. The Labute approximate surface area is 177 Å². The molecule has 1 aromatic heterocycles. The molecule has 1 aromatic carbocycles. The molecule has 2 fully saturated rings. The molecule has 3 unspecified atom stereocenters. The first-order chi connectivity index (χ1) is 14.1. The van der Waals surface area contributed by atoms with Crippen molar-refractivity contribution in [2.75, 3.05) is 12.9 Å². The molecule has 0 radical (unpaired) electrons. The Balaban J connectivity index is 1.69. The Kier molecular flexibility index (Phi) is 5.05. The number of ketones is 1. The fourth-order valence-electron chi connectivity index (χ4n) is 5.40. The first-order valence-electron chi connectivity index (χ1n) is 10.2. The van der Waals surface area contributed by atoms with Crippen LogP contribution in [-0.2, 0) is 21.9 Å². The van der Waals surface area contributed by atoms with E-state index >= 15 is 0 Å². The first-order valence-corrected chi connectivity index (χ1v) is 11.9. The Morgan fingerprint density at radius 2 is 2.13 bits per heavy atom. The summed E-state index contributed by atoms with van der Waals surface area (Å²) in [6.45, 7) is 4.09. The molecule has 8 heteroatoms. The minimum atomic E-state index is -3.79. The number of fused-ring (bicyclic) bond motifs is 2. The van der Waals surface area contributed by atoms with Gasteiger partial charge in [-0.1, -0.05) is 26.0 Å². The number of rotatable bonds is 7. The molecule has 2 saturated carbocycles. The van der Waals surface area contributed by atoms with Crippen molar-refractivity contribution >= 4 is 15.8 Å². The van der Waals surface area contributed by atoms with Gasteiger partial charge in [-0.3, -0.25) is 4.79 Å². The van der Waals surface area contributed by atoms with Crippen molar-refractivity contribution in [2.45, 2.75) is 39.2 Å². The molecule has 1 N–H and O–H groups in total. The number of benzene rings is 1. The Hall–Kier alpha value is -2.19. The number of aryl methyl sites for hydroxylation is 1. The van der Waals surface area contributed by atoms with Crippen LogP contribution in [0.1, 0.15) is 50.5 Å². The second-order valence-electron chi connectivity index (χ2n) is 9.15. The van der Waals surface area contributed by atoms with Gasteiger partial charge in [-0.2, -0.15) is 0 Å². The number of imidazole rings is 1. The third-order valence-electron chi connectivity index (χ3n) is 7.42. The summed E-state index contributed by atoms with van der Waals surface area (Å²) in [6, 6.07) is 6.60. The molecule has 0 aliphatic heterocycles. The Morgan fingerprint density at radius 1 is 1.37 bits per heavy atom. The normalized spacial score (nSPS) is 26.1. The number of hydrogen-bond acceptors (Lipinski definition) is 5. The monoisotopic (exact) mass is 431 g/mol. The molecule has 30 heavy (non-hydrogen) atoms. The number of carbonyl (C=O) groups excluding carboxylic acids is 1. The van der Waals surface area contributed by atoms with Gasteiger partial charge in [-0.25, -0.2) is 18.1 Å². The molecule has 4 rings (SSSR count). The van der Waals surface area contributed by atoms with Gasteiger partial charge in [0, 0.05) is 31.3 Å². The van der Waals surface area contributed by atoms with Crippen LogP contribution >= 0.6 is 0 Å². The Morgan fingerprint density at radius 3 is 2.70 bits per heavy atom. The van der Waals surface area contributed by atoms with Crippen LogP contribution in [0.15, 0.2) is 36.7 Å². The number of methoxy groups -OCH3 is 1. The summed E-state index contributed by atoms with van der Waals surface area (Å²) in [5.41, 5.74) is -0.400. The van der Waals surface area contributed by atoms with Gasteiger partial charge in [0.25, 0.3) is 0 Å². The largest absolute Gasteiger partial charge is 0.497 e. The van der Waals surface area contributed by atoms with Gasteiger partial charge >= 0.3 is 0 Å². The van der Waals surface area contributed by atoms with Gasteiger partial charge in [-0.15, -0.1) is 0 Å². The van der Waals surface area contributed by atoms with E-state index in [9.17, 15) is 13.2 Å². The zero-order valence-electron chi connectivity index (χ0n) is 17.9. The molecule has 2 aliphatic rings. The van der Waals surface area contributed by atoms with Gasteiger partial charge < -0.3 is 9.30 Å². The van der Waals surface area contributed by atoms with Gasteiger partial charge in [0.05, 0.1) is 12.9 Å². The first kappa shape index (κ1) is 21.1. The highest BCUT2D eigenvalue weighted by Gasteiger charge is 2.65. The van der Waals surface area contributed by atoms with E-state index in [1.807, 2.05) is 39.1 Å². The van der Waals surface area contributed by atoms with E-state index in [-0.39, 0.29) is 22.9 Å². The molecule has 0 amide bonds. The van der Waals surface area contributed by atoms with E-state index in [2.05, 4.69) is 9.71 Å². The van der Waals surface area contributed by atoms with E-state index in [4.69, 9.17) is 4.74 Å². The SMILES string of the molecule is COc1cccc(C(NS(=O)(=O)CC23CCC(CC2=O)C3(C)C)c2nccn2C)c1. The molecular formula is C22H29N3O4S. The molecule has 162 valence electrons. The minimum Gasteiger partial charge on any atom is -0.497 e. The number of ether oxygens (including phenoxy) is 1. The predicted molar refractivity (Wildman–Crippen MR) is 114 cm³/mol. The van der Waals surface area contributed by atoms with Crippen LogP contribution in [0.4, 0.5) is 0 Å². The molecule has 7 nitrogen and oxygen atoms in total. The Bertz CT molecular complexity index is 1080. The van der Waals surface area contributed by atoms with E-state index in [1.54, 1.807) is 30.1 Å². The third kappa shape index (κ3) is 3.26. The van der Waals surface area contributed by atoms with Crippen LogP contribution in [0, 0.1) is 16.7 Å². The van der Waals surface area contributed by atoms with Crippen molar-refractivity contribution in [1.29, 1.82) is 0 Å². The molecule has 2 aromatic rings. The highest BCUT2D eigenvalue weighted by molar-refractivity contribution is 7.89. The number of nitrogens with zero attached hydrogens (tertiary/aromatic N) is 2. The van der Waals surface area contributed by atoms with Gasteiger partial charge in [0.1, 0.15) is 23.4 Å². The average molecular weight is 432 g/mol. The predicted octanol–water partition coefficient (Wildman–Crippen LogP) is 2.83. The zero-order chi connectivity index (χ0) is 21.7. The fourth-order valence-corrected chi connectivity index (χ4v) is 7.41. The summed E-state index contributed by atoms with van der Waals surface area (Å²) in [4.78, 5) is 17.2. The molecule has 2 bridgehead atoms. The molecule has 3 atom stereocenters. The lowest BCUT2D eigenvalue weighted by molar-refractivity contribution is -0.128. The second kappa shape index (κ2) is 7.20. The highest BCUT2D eigenvalue weighted by Crippen LogP contribution is 2.64. The van der Waals surface area contributed by atoms with Crippen molar-refractivity contribution in [3.8, 4) is 5.75 Å². The smallest absolute Gasteiger partial charge is 0.213 e. The van der Waals surface area contributed by atoms with Crippen molar-refractivity contribution in [2.24, 2.45) is 23.8 Å². The van der Waals surface area contributed by atoms with Crippen molar-refractivity contribution in [3.05, 3.63) is 48.0 Å². The zero-order valence-corrected chi connectivity index (χ0v) is 18.7. The number of hydrogen-bond donors (Lipinski definition) is 1. The van der Waals surface area contributed by atoms with Crippen molar-refractivity contribution < 1.29 is 17.9 Å². The summed E-state index contributed by atoms with van der Waals surface area (Å²) >= 11 is 0. The number of nitrogens with one attached hydrogen (secondary N) is 1. The lowest BCUT2D eigenvalue weighted by Crippen LogP contribution is -2.46. The summed E-state index contributed by atoms with van der Waals surface area (Å²) in [5, 5.41) is 0. The maximum absolute atomic E-state index is 13.4. The van der Waals surface area contributed by atoms with Crippen LogP contribution in [0.25, 0.3) is 0 Å². The molecule has 0 spiro atoms. The second-order valence-corrected chi connectivity index (χ2v) is 10.9. The summed E-state index contributed by atoms with van der Waals surface area (Å²) in [5.74, 6) is 1.38. The minimum absolute atomic E-state index is 0.0871. The average Bonchev–Trinajstić information content (AvgIpc) is 3.27. The topological polar surface area (TPSA) is 90.3 Å². The maximum atomic E-state index is 13.4. The van der Waals surface area contributed by atoms with Crippen molar-refractivity contribution in [3.63, 3.8) is 0 Å². The summed E-state index contributed by atoms with van der Waals surface area (Å²) in [6.07, 6.45) is 5.45. The lowest BCUT2D eigenvalue weighted by Gasteiger charge is -2.36. The van der Waals surface area contributed by atoms with E-state index in [1.165, 1.54) is 0 Å². The fraction of sp³-hybridized carbons (Fsp3) is 0.545. The lowest BCUT2D eigenvalue weighted by atomic mass is 9.70. The van der Waals surface area contributed by atoms with Gasteiger partial charge in [0.15, 0.2) is 0 Å². The van der Waals surface area contributed by atoms with Crippen LogP contribution in [0.5, 0.6) is 5.75 Å². The molecule has 2 aliphatic carbocycles. The summed E-state index contributed by atoms with van der Waals surface area (Å²) < 4.78 is 36.8. The molecule has 0 saturated heterocycles. The van der Waals surface area contributed by atoms with Crippen LogP contribution in [0.2, 0.25) is 0 Å². The van der Waals surface area contributed by atoms with Gasteiger partial charge in [-0.05, 0) is 41.9 Å².